The molecule has 0 saturated carbocycles. The van der Waals surface area contributed by atoms with Gasteiger partial charge in [-0.3, -0.25) is 4.79 Å². The molecule has 0 atom stereocenters. The van der Waals surface area contributed by atoms with Gasteiger partial charge in [-0.1, -0.05) is 23.7 Å². The van der Waals surface area contributed by atoms with Gasteiger partial charge in [-0.25, -0.2) is 9.07 Å². The zero-order valence-corrected chi connectivity index (χ0v) is 14.7. The van der Waals surface area contributed by atoms with Gasteiger partial charge in [0.05, 0.1) is 23.1 Å². The van der Waals surface area contributed by atoms with Crippen molar-refractivity contribution in [2.75, 3.05) is 7.05 Å². The number of aromatic nitrogens is 2. The highest BCUT2D eigenvalue weighted by Gasteiger charge is 2.19. The van der Waals surface area contributed by atoms with Crippen molar-refractivity contribution in [1.82, 2.24) is 14.7 Å². The summed E-state index contributed by atoms with van der Waals surface area (Å²) in [4.78, 5) is 14.3. The Hall–Kier alpha value is -2.66. The molecule has 0 N–H and O–H groups in total. The van der Waals surface area contributed by atoms with Crippen molar-refractivity contribution < 1.29 is 9.18 Å². The number of amides is 1. The molecule has 3 rings (SSSR count). The number of nitrogens with zero attached hydrogens (tertiary/aromatic N) is 3. The summed E-state index contributed by atoms with van der Waals surface area (Å²) in [7, 11) is 1.73. The Labute approximate surface area is 150 Å². The lowest BCUT2D eigenvalue weighted by molar-refractivity contribution is 0.0784. The molecule has 2 aromatic carbocycles. The topological polar surface area (TPSA) is 38.1 Å². The molecule has 0 radical (unpaired) electrons. The Bertz CT molecular complexity index is 905. The second-order valence-corrected chi connectivity index (χ2v) is 6.26. The number of carbonyl (C=O) groups excluding carboxylic acids is 1. The monoisotopic (exact) mass is 357 g/mol. The van der Waals surface area contributed by atoms with Gasteiger partial charge in [0.15, 0.2) is 0 Å². The third-order valence-electron chi connectivity index (χ3n) is 3.97. The van der Waals surface area contributed by atoms with Crippen molar-refractivity contribution in [3.63, 3.8) is 0 Å². The van der Waals surface area contributed by atoms with Crippen LogP contribution in [0, 0.1) is 12.7 Å². The van der Waals surface area contributed by atoms with Crippen LogP contribution < -0.4 is 0 Å². The predicted molar refractivity (Wildman–Crippen MR) is 95.5 cm³/mol. The van der Waals surface area contributed by atoms with E-state index in [1.807, 2.05) is 25.1 Å². The molecule has 0 bridgehead atoms. The average molecular weight is 358 g/mol. The lowest BCUT2D eigenvalue weighted by Gasteiger charge is -2.17. The number of hydrogen-bond acceptors (Lipinski definition) is 2. The van der Waals surface area contributed by atoms with Gasteiger partial charge in [0.2, 0.25) is 0 Å². The van der Waals surface area contributed by atoms with Gasteiger partial charge in [0.1, 0.15) is 5.82 Å². The first-order chi connectivity index (χ1) is 12.0. The van der Waals surface area contributed by atoms with Gasteiger partial charge in [0, 0.05) is 18.6 Å². The molecule has 0 spiro atoms. The van der Waals surface area contributed by atoms with E-state index in [-0.39, 0.29) is 11.7 Å². The lowest BCUT2D eigenvalue weighted by Crippen LogP contribution is -2.26. The van der Waals surface area contributed by atoms with Crippen molar-refractivity contribution in [2.45, 2.75) is 13.5 Å². The molecule has 4 nitrogen and oxygen atoms in total. The zero-order valence-electron chi connectivity index (χ0n) is 13.9. The second-order valence-electron chi connectivity index (χ2n) is 5.82. The number of benzene rings is 2. The zero-order chi connectivity index (χ0) is 18.0. The maximum Gasteiger partial charge on any atom is 0.257 e. The van der Waals surface area contributed by atoms with Crippen LogP contribution in [0.1, 0.15) is 21.6 Å². The van der Waals surface area contributed by atoms with E-state index in [2.05, 4.69) is 5.10 Å². The van der Waals surface area contributed by atoms with Gasteiger partial charge >= 0.3 is 0 Å². The second kappa shape index (κ2) is 7.07. The van der Waals surface area contributed by atoms with Gasteiger partial charge < -0.3 is 4.90 Å². The molecule has 25 heavy (non-hydrogen) atoms. The van der Waals surface area contributed by atoms with Crippen LogP contribution in [0.25, 0.3) is 5.69 Å². The highest BCUT2D eigenvalue weighted by Crippen LogP contribution is 2.18. The molecule has 0 aliphatic carbocycles. The molecule has 0 aliphatic rings. The quantitative estimate of drug-likeness (QED) is 0.700. The van der Waals surface area contributed by atoms with E-state index < -0.39 is 0 Å². The van der Waals surface area contributed by atoms with Gasteiger partial charge in [0.25, 0.3) is 5.91 Å². The van der Waals surface area contributed by atoms with E-state index in [4.69, 9.17) is 11.6 Å². The van der Waals surface area contributed by atoms with Crippen LogP contribution in [0.2, 0.25) is 5.02 Å². The minimum Gasteiger partial charge on any atom is -0.337 e. The number of rotatable bonds is 4. The molecule has 0 saturated heterocycles. The Morgan fingerprint density at radius 1 is 1.24 bits per heavy atom. The van der Waals surface area contributed by atoms with E-state index in [0.717, 1.165) is 5.56 Å². The molecule has 1 aromatic heterocycles. The summed E-state index contributed by atoms with van der Waals surface area (Å²) in [6.45, 7) is 2.26. The van der Waals surface area contributed by atoms with Gasteiger partial charge in [-0.15, -0.1) is 0 Å². The van der Waals surface area contributed by atoms with Crippen molar-refractivity contribution >= 4 is 17.5 Å². The standard InChI is InChI=1S/C19H17ClFN3O/c1-13-18(11-22-24(13)17-8-6-16(21)7-9-17)19(25)23(2)12-14-4-3-5-15(20)10-14/h3-11H,12H2,1-2H3. The van der Waals surface area contributed by atoms with E-state index in [1.165, 1.54) is 18.3 Å². The number of carbonyl (C=O) groups is 1. The summed E-state index contributed by atoms with van der Waals surface area (Å²) >= 11 is 5.99. The lowest BCUT2D eigenvalue weighted by atomic mass is 10.2. The van der Waals surface area contributed by atoms with Crippen molar-refractivity contribution in [1.29, 1.82) is 0 Å². The average Bonchev–Trinajstić information content (AvgIpc) is 2.96. The Kier molecular flexibility index (Phi) is 4.86. The van der Waals surface area contributed by atoms with Crippen LogP contribution in [0.4, 0.5) is 4.39 Å². The minimum atomic E-state index is -0.314. The van der Waals surface area contributed by atoms with E-state index in [1.54, 1.807) is 34.8 Å². The fourth-order valence-corrected chi connectivity index (χ4v) is 2.86. The normalized spacial score (nSPS) is 10.7. The molecule has 0 fully saturated rings. The highest BCUT2D eigenvalue weighted by atomic mass is 35.5. The van der Waals surface area contributed by atoms with Gasteiger partial charge in [-0.2, -0.15) is 5.10 Å². The van der Waals surface area contributed by atoms with Crippen molar-refractivity contribution in [2.24, 2.45) is 0 Å². The van der Waals surface area contributed by atoms with Crippen LogP contribution in [-0.4, -0.2) is 27.6 Å². The molecule has 1 heterocycles. The molecule has 1 amide bonds. The van der Waals surface area contributed by atoms with Crippen LogP contribution in [0.15, 0.2) is 54.7 Å². The molecule has 0 unspecified atom stereocenters. The van der Waals surface area contributed by atoms with Crippen LogP contribution in [0.3, 0.4) is 0 Å². The Balaban J connectivity index is 1.81. The summed E-state index contributed by atoms with van der Waals surface area (Å²) in [5, 5.41) is 4.90. The third kappa shape index (κ3) is 3.72. The largest absolute Gasteiger partial charge is 0.337 e. The first kappa shape index (κ1) is 17.2. The van der Waals surface area contributed by atoms with Crippen LogP contribution in [-0.2, 0) is 6.54 Å². The number of halogens is 2. The molecule has 6 heteroatoms. The van der Waals surface area contributed by atoms with Crippen molar-refractivity contribution in [3.8, 4) is 5.69 Å². The maximum absolute atomic E-state index is 13.1. The van der Waals surface area contributed by atoms with Gasteiger partial charge in [-0.05, 0) is 48.9 Å². The molecule has 0 aliphatic heterocycles. The fraction of sp³-hybridized carbons (Fsp3) is 0.158. The smallest absolute Gasteiger partial charge is 0.257 e. The summed E-state index contributed by atoms with van der Waals surface area (Å²) in [6.07, 6.45) is 1.54. The SMILES string of the molecule is Cc1c(C(=O)N(C)Cc2cccc(Cl)c2)cnn1-c1ccc(F)cc1. The minimum absolute atomic E-state index is 0.133. The molecule has 128 valence electrons. The first-order valence-corrected chi connectivity index (χ1v) is 8.14. The molecular weight excluding hydrogens is 341 g/mol. The Morgan fingerprint density at radius 2 is 1.96 bits per heavy atom. The van der Waals surface area contributed by atoms with Crippen LogP contribution in [0.5, 0.6) is 0 Å². The summed E-state index contributed by atoms with van der Waals surface area (Å²) in [5.41, 5.74) is 2.87. The van der Waals surface area contributed by atoms with Crippen LogP contribution >= 0.6 is 11.6 Å². The predicted octanol–water partition coefficient (Wildman–Crippen LogP) is 4.25. The van der Waals surface area contributed by atoms with E-state index in [9.17, 15) is 9.18 Å². The van der Waals surface area contributed by atoms with Crippen molar-refractivity contribution in [3.05, 3.63) is 82.4 Å². The molecule has 3 aromatic rings. The number of hydrogen-bond donors (Lipinski definition) is 0. The van der Waals surface area contributed by atoms with E-state index in [0.29, 0.717) is 28.5 Å². The summed E-state index contributed by atoms with van der Waals surface area (Å²) in [6, 6.07) is 13.4. The fourth-order valence-electron chi connectivity index (χ4n) is 2.65. The maximum atomic E-state index is 13.1. The van der Waals surface area contributed by atoms with E-state index >= 15 is 0 Å². The summed E-state index contributed by atoms with van der Waals surface area (Å²) < 4.78 is 14.7. The third-order valence-corrected chi connectivity index (χ3v) is 4.20. The Morgan fingerprint density at radius 3 is 2.64 bits per heavy atom. The highest BCUT2D eigenvalue weighted by molar-refractivity contribution is 6.30. The first-order valence-electron chi connectivity index (χ1n) is 7.76. The summed E-state index contributed by atoms with van der Waals surface area (Å²) in [5.74, 6) is -0.447. The molecular formula is C19H17ClFN3O.